The van der Waals surface area contributed by atoms with Crippen LogP contribution >= 0.6 is 0 Å². The Kier molecular flexibility index (Phi) is 4.49. The van der Waals surface area contributed by atoms with Gasteiger partial charge in [0.2, 0.25) is 0 Å². The van der Waals surface area contributed by atoms with Crippen LogP contribution in [0.4, 0.5) is 15.8 Å². The molecule has 0 aromatic heterocycles. The molecule has 0 amide bonds. The first-order valence-electron chi connectivity index (χ1n) is 6.36. The van der Waals surface area contributed by atoms with Crippen LogP contribution in [0, 0.1) is 15.9 Å². The summed E-state index contributed by atoms with van der Waals surface area (Å²) in [5.41, 5.74) is 1.16. The van der Waals surface area contributed by atoms with Crippen molar-refractivity contribution in [2.45, 2.75) is 6.10 Å². The molecule has 0 fully saturated rings. The maximum Gasteiger partial charge on any atom is 0.269 e. The SMILES string of the molecule is CN(CC(O)c1cccc([N+](=O)[O-])c1)c1ccc(F)cc1. The molecule has 0 aliphatic carbocycles. The lowest BCUT2D eigenvalue weighted by Gasteiger charge is -2.22. The van der Waals surface area contributed by atoms with Crippen molar-refractivity contribution < 1.29 is 14.4 Å². The van der Waals surface area contributed by atoms with E-state index in [1.165, 1.54) is 30.3 Å². The van der Waals surface area contributed by atoms with Crippen LogP contribution in [0.1, 0.15) is 11.7 Å². The summed E-state index contributed by atoms with van der Waals surface area (Å²) in [5, 5.41) is 20.9. The molecule has 0 aliphatic rings. The van der Waals surface area contributed by atoms with Crippen molar-refractivity contribution in [2.75, 3.05) is 18.5 Å². The third-order valence-corrected chi connectivity index (χ3v) is 3.18. The molecule has 1 unspecified atom stereocenters. The molecular formula is C15H15FN2O3. The number of aliphatic hydroxyl groups excluding tert-OH is 1. The lowest BCUT2D eigenvalue weighted by atomic mass is 10.1. The minimum Gasteiger partial charge on any atom is -0.387 e. The molecule has 6 heteroatoms. The van der Waals surface area contributed by atoms with Crippen molar-refractivity contribution in [1.82, 2.24) is 0 Å². The molecular weight excluding hydrogens is 275 g/mol. The zero-order chi connectivity index (χ0) is 15.4. The predicted octanol–water partition coefficient (Wildman–Crippen LogP) is 2.90. The number of likely N-dealkylation sites (N-methyl/N-ethyl adjacent to an activating group) is 1. The Bertz CT molecular complexity index is 631. The van der Waals surface area contributed by atoms with Crippen LogP contribution in [0.5, 0.6) is 0 Å². The number of rotatable bonds is 5. The summed E-state index contributed by atoms with van der Waals surface area (Å²) < 4.78 is 12.9. The van der Waals surface area contributed by atoms with E-state index in [0.29, 0.717) is 5.56 Å². The van der Waals surface area contributed by atoms with Crippen molar-refractivity contribution in [3.05, 3.63) is 70.0 Å². The van der Waals surface area contributed by atoms with E-state index in [4.69, 9.17) is 0 Å². The van der Waals surface area contributed by atoms with Gasteiger partial charge in [0.15, 0.2) is 0 Å². The topological polar surface area (TPSA) is 66.6 Å². The molecule has 1 atom stereocenters. The van der Waals surface area contributed by atoms with Crippen molar-refractivity contribution in [3.63, 3.8) is 0 Å². The molecule has 0 radical (unpaired) electrons. The highest BCUT2D eigenvalue weighted by atomic mass is 19.1. The normalized spacial score (nSPS) is 12.0. The van der Waals surface area contributed by atoms with Crippen LogP contribution in [0.15, 0.2) is 48.5 Å². The first-order valence-corrected chi connectivity index (χ1v) is 6.36. The minimum atomic E-state index is -0.875. The molecule has 21 heavy (non-hydrogen) atoms. The quantitative estimate of drug-likeness (QED) is 0.679. The number of aliphatic hydroxyl groups is 1. The smallest absolute Gasteiger partial charge is 0.269 e. The summed E-state index contributed by atoms with van der Waals surface area (Å²) in [6, 6.07) is 11.8. The standard InChI is InChI=1S/C15H15FN2O3/c1-17(13-7-5-12(16)6-8-13)10-15(19)11-3-2-4-14(9-11)18(20)21/h2-9,15,19H,10H2,1H3. The summed E-state index contributed by atoms with van der Waals surface area (Å²) in [5.74, 6) is -0.327. The second-order valence-electron chi connectivity index (χ2n) is 4.72. The van der Waals surface area contributed by atoms with Gasteiger partial charge in [-0.3, -0.25) is 10.1 Å². The molecule has 2 rings (SSSR count). The fourth-order valence-corrected chi connectivity index (χ4v) is 2.01. The summed E-state index contributed by atoms with van der Waals surface area (Å²) >= 11 is 0. The number of hydrogen-bond donors (Lipinski definition) is 1. The van der Waals surface area contributed by atoms with Gasteiger partial charge >= 0.3 is 0 Å². The first-order chi connectivity index (χ1) is 9.97. The van der Waals surface area contributed by atoms with E-state index in [9.17, 15) is 19.6 Å². The maximum atomic E-state index is 12.9. The van der Waals surface area contributed by atoms with Crippen LogP contribution in [-0.2, 0) is 0 Å². The minimum absolute atomic E-state index is 0.0593. The second-order valence-corrected chi connectivity index (χ2v) is 4.72. The zero-order valence-electron chi connectivity index (χ0n) is 11.4. The van der Waals surface area contributed by atoms with E-state index in [1.54, 1.807) is 30.1 Å². The second kappa shape index (κ2) is 6.32. The van der Waals surface area contributed by atoms with Gasteiger partial charge in [-0.15, -0.1) is 0 Å². The van der Waals surface area contributed by atoms with Gasteiger partial charge in [-0.1, -0.05) is 12.1 Å². The Balaban J connectivity index is 2.10. The number of nitrogens with zero attached hydrogens (tertiary/aromatic N) is 2. The number of anilines is 1. The van der Waals surface area contributed by atoms with Gasteiger partial charge in [0, 0.05) is 31.4 Å². The molecule has 5 nitrogen and oxygen atoms in total. The van der Waals surface area contributed by atoms with Crippen molar-refractivity contribution in [1.29, 1.82) is 0 Å². The number of halogens is 1. The van der Waals surface area contributed by atoms with E-state index in [-0.39, 0.29) is 18.0 Å². The van der Waals surface area contributed by atoms with Crippen LogP contribution in [-0.4, -0.2) is 23.6 Å². The zero-order valence-corrected chi connectivity index (χ0v) is 11.4. The average Bonchev–Trinajstić information content (AvgIpc) is 2.48. The highest BCUT2D eigenvalue weighted by Crippen LogP contribution is 2.22. The fraction of sp³-hybridized carbons (Fsp3) is 0.200. The van der Waals surface area contributed by atoms with Crippen LogP contribution in [0.2, 0.25) is 0 Å². The lowest BCUT2D eigenvalue weighted by Crippen LogP contribution is -2.24. The third kappa shape index (κ3) is 3.76. The van der Waals surface area contributed by atoms with Crippen molar-refractivity contribution in [2.24, 2.45) is 0 Å². The maximum absolute atomic E-state index is 12.9. The Morgan fingerprint density at radius 2 is 1.95 bits per heavy atom. The lowest BCUT2D eigenvalue weighted by molar-refractivity contribution is -0.385. The highest BCUT2D eigenvalue weighted by Gasteiger charge is 2.14. The average molecular weight is 290 g/mol. The van der Waals surface area contributed by atoms with E-state index >= 15 is 0 Å². The van der Waals surface area contributed by atoms with Gasteiger partial charge in [-0.2, -0.15) is 0 Å². The predicted molar refractivity (Wildman–Crippen MR) is 77.7 cm³/mol. The number of nitro groups is 1. The molecule has 0 aliphatic heterocycles. The van der Waals surface area contributed by atoms with Crippen molar-refractivity contribution in [3.8, 4) is 0 Å². The number of benzene rings is 2. The van der Waals surface area contributed by atoms with Crippen LogP contribution < -0.4 is 4.90 Å². The van der Waals surface area contributed by atoms with Gasteiger partial charge in [0.05, 0.1) is 11.0 Å². The third-order valence-electron chi connectivity index (χ3n) is 3.18. The molecule has 0 saturated carbocycles. The Morgan fingerprint density at radius 1 is 1.29 bits per heavy atom. The highest BCUT2D eigenvalue weighted by molar-refractivity contribution is 5.46. The summed E-state index contributed by atoms with van der Waals surface area (Å²) in [4.78, 5) is 12.0. The van der Waals surface area contributed by atoms with E-state index in [2.05, 4.69) is 0 Å². The van der Waals surface area contributed by atoms with Gasteiger partial charge in [0.1, 0.15) is 5.82 Å². The van der Waals surface area contributed by atoms with Crippen molar-refractivity contribution >= 4 is 11.4 Å². The molecule has 110 valence electrons. The molecule has 0 heterocycles. The summed E-state index contributed by atoms with van der Waals surface area (Å²) in [7, 11) is 1.76. The Labute approximate surface area is 121 Å². The molecule has 0 spiro atoms. The van der Waals surface area contributed by atoms with Gasteiger partial charge in [-0.25, -0.2) is 4.39 Å². The Hall–Kier alpha value is -2.47. The largest absolute Gasteiger partial charge is 0.387 e. The van der Waals surface area contributed by atoms with Gasteiger partial charge < -0.3 is 10.0 Å². The molecule has 2 aromatic carbocycles. The van der Waals surface area contributed by atoms with Gasteiger partial charge in [-0.05, 0) is 29.8 Å². The molecule has 2 aromatic rings. The van der Waals surface area contributed by atoms with E-state index < -0.39 is 11.0 Å². The first kappa shape index (κ1) is 14.9. The van der Waals surface area contributed by atoms with Gasteiger partial charge in [0.25, 0.3) is 5.69 Å². The molecule has 1 N–H and O–H groups in total. The Morgan fingerprint density at radius 3 is 2.57 bits per heavy atom. The number of nitro benzene ring substituents is 1. The fourth-order valence-electron chi connectivity index (χ4n) is 2.01. The number of non-ortho nitro benzene ring substituents is 1. The van der Waals surface area contributed by atoms with Crippen LogP contribution in [0.25, 0.3) is 0 Å². The summed E-state index contributed by atoms with van der Waals surface area (Å²) in [6.45, 7) is 0.243. The molecule has 0 bridgehead atoms. The number of hydrogen-bond acceptors (Lipinski definition) is 4. The monoisotopic (exact) mass is 290 g/mol. The van der Waals surface area contributed by atoms with Crippen LogP contribution in [0.3, 0.4) is 0 Å². The van der Waals surface area contributed by atoms with E-state index in [1.807, 2.05) is 0 Å². The van der Waals surface area contributed by atoms with E-state index in [0.717, 1.165) is 5.69 Å². The molecule has 0 saturated heterocycles. The summed E-state index contributed by atoms with van der Waals surface area (Å²) in [6.07, 6.45) is -0.875.